The smallest absolute Gasteiger partial charge is 0.337 e. The molecule has 0 radical (unpaired) electrons. The topological polar surface area (TPSA) is 208 Å². The van der Waals surface area contributed by atoms with E-state index < -0.39 is 22.4 Å². The summed E-state index contributed by atoms with van der Waals surface area (Å²) in [5.74, 6) is 0. The van der Waals surface area contributed by atoms with Crippen LogP contribution in [-0.4, -0.2) is 36.3 Å². The van der Waals surface area contributed by atoms with Crippen molar-refractivity contribution in [2.75, 3.05) is 0 Å². The van der Waals surface area contributed by atoms with E-state index >= 15 is 0 Å². The predicted molar refractivity (Wildman–Crippen MR) is 179 cm³/mol. The van der Waals surface area contributed by atoms with Gasteiger partial charge in [0.2, 0.25) is 11.4 Å². The molecule has 0 spiro atoms. The second kappa shape index (κ2) is 15.0. The SMILES string of the molecule is CC/C(=N/Oc1nc2oc(=O)cc(CC)c2c(=O)[nH]1)c1nccs1.CCc1cc(=O)oc2nc(O/N=C(/C)c3ccccc3)[nH]c(=O)c12. The molecule has 0 bridgehead atoms. The molecule has 5 heterocycles. The van der Waals surface area contributed by atoms with Crippen LogP contribution in [0.3, 0.4) is 0 Å². The number of benzene rings is 1. The standard InChI is InChI=1S/C17H15N3O4.C15H14N4O4S/c1-3-11-9-13(21)23-16-14(11)15(22)18-17(19-16)24-20-10(2)12-7-5-4-6-8-12;1-3-8-7-10(20)22-13-11(8)12(21)17-15(18-13)23-19-9(4-2)14-16-5-6-24-14/h4-9H,3H2,1-2H3,(H,18,19,22);5-7H,3-4H2,1-2H3,(H,17,18,21)/b20-10-;19-9-. The van der Waals surface area contributed by atoms with Crippen molar-refractivity contribution in [3.63, 3.8) is 0 Å². The Morgan fingerprint density at radius 2 is 1.35 bits per heavy atom. The Kier molecular flexibility index (Phi) is 10.4. The van der Waals surface area contributed by atoms with Gasteiger partial charge in [-0.3, -0.25) is 19.6 Å². The van der Waals surface area contributed by atoms with Gasteiger partial charge in [-0.15, -0.1) is 11.3 Å². The summed E-state index contributed by atoms with van der Waals surface area (Å²) in [6.07, 6.45) is 3.29. The van der Waals surface area contributed by atoms with Gasteiger partial charge in [0.25, 0.3) is 11.1 Å². The van der Waals surface area contributed by atoms with Crippen LogP contribution in [0.2, 0.25) is 0 Å². The van der Waals surface area contributed by atoms with Crippen LogP contribution in [0.4, 0.5) is 0 Å². The van der Waals surface area contributed by atoms with Crippen molar-refractivity contribution in [2.24, 2.45) is 10.3 Å². The zero-order chi connectivity index (χ0) is 34.2. The van der Waals surface area contributed by atoms with Gasteiger partial charge in [-0.25, -0.2) is 14.6 Å². The molecular weight excluding hydrogens is 642 g/mol. The van der Waals surface area contributed by atoms with Gasteiger partial charge in [0.15, 0.2) is 0 Å². The molecule has 0 aliphatic carbocycles. The first-order chi connectivity index (χ1) is 23.2. The zero-order valence-electron chi connectivity index (χ0n) is 26.2. The van der Waals surface area contributed by atoms with Crippen molar-refractivity contribution in [3.8, 4) is 12.0 Å². The lowest BCUT2D eigenvalue weighted by molar-refractivity contribution is 0.310. The third-order valence-electron chi connectivity index (χ3n) is 6.83. The summed E-state index contributed by atoms with van der Waals surface area (Å²) in [5.41, 5.74) is 1.11. The van der Waals surface area contributed by atoms with E-state index in [0.717, 1.165) is 10.6 Å². The van der Waals surface area contributed by atoms with Crippen LogP contribution in [0.1, 0.15) is 55.8 Å². The molecule has 0 atom stereocenters. The molecule has 0 aliphatic rings. The van der Waals surface area contributed by atoms with Crippen LogP contribution in [0.5, 0.6) is 12.0 Å². The van der Waals surface area contributed by atoms with Crippen molar-refractivity contribution < 1.29 is 18.5 Å². The number of thiazole rings is 1. The molecule has 0 amide bonds. The number of nitrogens with zero attached hydrogens (tertiary/aromatic N) is 5. The first kappa shape index (κ1) is 33.3. The number of aromatic amines is 2. The highest BCUT2D eigenvalue weighted by molar-refractivity contribution is 7.11. The van der Waals surface area contributed by atoms with Crippen LogP contribution < -0.4 is 32.0 Å². The Balaban J connectivity index is 0.000000188. The van der Waals surface area contributed by atoms with Gasteiger partial charge in [0.1, 0.15) is 21.5 Å². The summed E-state index contributed by atoms with van der Waals surface area (Å²) in [5, 5.41) is 11.0. The number of rotatable bonds is 9. The number of fused-ring (bicyclic) bond motifs is 2. The van der Waals surface area contributed by atoms with Gasteiger partial charge in [-0.1, -0.05) is 61.4 Å². The largest absolute Gasteiger partial charge is 0.403 e. The molecule has 6 aromatic rings. The maximum absolute atomic E-state index is 12.2. The Labute approximate surface area is 274 Å². The van der Waals surface area contributed by atoms with E-state index in [4.69, 9.17) is 18.5 Å². The average molecular weight is 672 g/mol. The van der Waals surface area contributed by atoms with Gasteiger partial charge in [-0.05, 0) is 42.9 Å². The first-order valence-electron chi connectivity index (χ1n) is 14.8. The van der Waals surface area contributed by atoms with Gasteiger partial charge in [0, 0.05) is 23.7 Å². The van der Waals surface area contributed by atoms with Gasteiger partial charge in [0.05, 0.1) is 5.71 Å². The van der Waals surface area contributed by atoms with E-state index in [2.05, 4.69) is 35.2 Å². The number of hydrogen-bond donors (Lipinski definition) is 2. The summed E-state index contributed by atoms with van der Waals surface area (Å²) in [4.78, 5) is 75.1. The molecule has 48 heavy (non-hydrogen) atoms. The summed E-state index contributed by atoms with van der Waals surface area (Å²) in [6, 6.07) is 11.7. The molecule has 15 nitrogen and oxygen atoms in total. The molecule has 0 saturated heterocycles. The summed E-state index contributed by atoms with van der Waals surface area (Å²) in [6.45, 7) is 7.35. The van der Waals surface area contributed by atoms with Crippen molar-refractivity contribution >= 4 is 45.0 Å². The molecule has 16 heteroatoms. The van der Waals surface area contributed by atoms with Crippen molar-refractivity contribution in [1.29, 1.82) is 0 Å². The number of nitrogens with one attached hydrogen (secondary N) is 2. The minimum atomic E-state index is -0.566. The van der Waals surface area contributed by atoms with Gasteiger partial charge in [-0.2, -0.15) is 9.97 Å². The lowest BCUT2D eigenvalue weighted by atomic mass is 10.1. The number of H-pyrrole nitrogens is 2. The highest BCUT2D eigenvalue weighted by Crippen LogP contribution is 2.16. The zero-order valence-corrected chi connectivity index (χ0v) is 27.0. The van der Waals surface area contributed by atoms with Gasteiger partial charge < -0.3 is 18.5 Å². The summed E-state index contributed by atoms with van der Waals surface area (Å²) < 4.78 is 10.0. The lowest BCUT2D eigenvalue weighted by Gasteiger charge is -2.04. The molecule has 6 rings (SSSR count). The van der Waals surface area contributed by atoms with Crippen LogP contribution in [-0.2, 0) is 12.8 Å². The number of aromatic nitrogens is 5. The minimum absolute atomic E-state index is 0.0642. The first-order valence-corrected chi connectivity index (χ1v) is 15.6. The lowest BCUT2D eigenvalue weighted by Crippen LogP contribution is -2.14. The van der Waals surface area contributed by atoms with E-state index in [0.29, 0.717) is 41.8 Å². The van der Waals surface area contributed by atoms with E-state index in [-0.39, 0.29) is 34.2 Å². The van der Waals surface area contributed by atoms with E-state index in [1.807, 2.05) is 56.5 Å². The molecule has 2 N–H and O–H groups in total. The quantitative estimate of drug-likeness (QED) is 0.163. The van der Waals surface area contributed by atoms with Crippen LogP contribution in [0.25, 0.3) is 22.2 Å². The van der Waals surface area contributed by atoms with Crippen LogP contribution in [0, 0.1) is 0 Å². The molecule has 1 aromatic carbocycles. The fraction of sp³-hybridized carbons (Fsp3) is 0.219. The summed E-state index contributed by atoms with van der Waals surface area (Å²) >= 11 is 1.43. The second-order valence-corrected chi connectivity index (χ2v) is 10.8. The number of aryl methyl sites for hydroxylation is 2. The summed E-state index contributed by atoms with van der Waals surface area (Å²) in [7, 11) is 0. The van der Waals surface area contributed by atoms with Crippen LogP contribution >= 0.6 is 11.3 Å². The Morgan fingerprint density at radius 1 is 0.812 bits per heavy atom. The highest BCUT2D eigenvalue weighted by Gasteiger charge is 2.14. The van der Waals surface area contributed by atoms with E-state index in [1.165, 1.54) is 23.5 Å². The molecule has 5 aromatic heterocycles. The minimum Gasteiger partial charge on any atom is -0.403 e. The normalized spacial score (nSPS) is 11.8. The second-order valence-electron chi connectivity index (χ2n) is 9.95. The Morgan fingerprint density at radius 3 is 1.83 bits per heavy atom. The van der Waals surface area contributed by atoms with E-state index in [9.17, 15) is 19.2 Å². The fourth-order valence-electron chi connectivity index (χ4n) is 4.47. The predicted octanol–water partition coefficient (Wildman–Crippen LogP) is 4.33. The van der Waals surface area contributed by atoms with Crippen molar-refractivity contribution in [1.82, 2.24) is 24.9 Å². The van der Waals surface area contributed by atoms with Crippen LogP contribution in [0.15, 0.2) is 92.4 Å². The maximum atomic E-state index is 12.2. The van der Waals surface area contributed by atoms with E-state index in [1.54, 1.807) is 13.1 Å². The monoisotopic (exact) mass is 671 g/mol. The maximum Gasteiger partial charge on any atom is 0.337 e. The molecule has 0 unspecified atom stereocenters. The fourth-order valence-corrected chi connectivity index (χ4v) is 5.16. The number of hydrogen-bond acceptors (Lipinski definition) is 14. The molecule has 246 valence electrons. The third kappa shape index (κ3) is 7.67. The Bertz CT molecular complexity index is 2360. The average Bonchev–Trinajstić information content (AvgIpc) is 3.62. The van der Waals surface area contributed by atoms with Crippen molar-refractivity contribution in [2.45, 2.75) is 47.0 Å². The third-order valence-corrected chi connectivity index (χ3v) is 7.65. The Hall–Kier alpha value is -6.03. The molecule has 0 fully saturated rings. The van der Waals surface area contributed by atoms with Gasteiger partial charge >= 0.3 is 23.3 Å². The molecular formula is C32H29N7O8S. The van der Waals surface area contributed by atoms with Crippen molar-refractivity contribution in [3.05, 3.63) is 117 Å². The highest BCUT2D eigenvalue weighted by atomic mass is 32.1. The molecule has 0 aliphatic heterocycles. The molecule has 0 saturated carbocycles. The number of oxime groups is 2.